The molecule has 1 saturated heterocycles. The highest BCUT2D eigenvalue weighted by Crippen LogP contribution is 2.21. The zero-order valence-electron chi connectivity index (χ0n) is 14.7. The van der Waals surface area contributed by atoms with E-state index in [2.05, 4.69) is 5.32 Å². The maximum atomic E-state index is 12.3. The van der Waals surface area contributed by atoms with Crippen LogP contribution in [0.25, 0.3) is 0 Å². The van der Waals surface area contributed by atoms with E-state index in [9.17, 15) is 8.42 Å². The largest absolute Gasteiger partial charge is 0.497 e. The van der Waals surface area contributed by atoms with Crippen molar-refractivity contribution in [2.45, 2.75) is 30.4 Å². The molecule has 1 atom stereocenters. The van der Waals surface area contributed by atoms with Gasteiger partial charge in [0.05, 0.1) is 13.2 Å². The molecule has 7 heteroatoms. The second-order valence-electron chi connectivity index (χ2n) is 6.12. The Hall–Kier alpha value is -2.09. The van der Waals surface area contributed by atoms with Crippen LogP contribution >= 0.6 is 0 Å². The monoisotopic (exact) mass is 377 g/mol. The number of rotatable bonds is 8. The second-order valence-corrected chi connectivity index (χ2v) is 7.67. The van der Waals surface area contributed by atoms with Gasteiger partial charge in [-0.25, -0.2) is 0 Å². The zero-order valence-corrected chi connectivity index (χ0v) is 15.5. The molecular formula is C19H23NO5S. The summed E-state index contributed by atoms with van der Waals surface area (Å²) in [7, 11) is -2.34. The highest BCUT2D eigenvalue weighted by Gasteiger charge is 2.17. The molecule has 0 aromatic heterocycles. The minimum absolute atomic E-state index is 0.0839. The van der Waals surface area contributed by atoms with Crippen molar-refractivity contribution in [3.05, 3.63) is 54.1 Å². The van der Waals surface area contributed by atoms with E-state index in [1.54, 1.807) is 24.3 Å². The Kier molecular flexibility index (Phi) is 6.13. The van der Waals surface area contributed by atoms with Crippen molar-refractivity contribution >= 4 is 10.1 Å². The normalized spacial score (nSPS) is 17.2. The standard InChI is InChI=1S/C19H23NO5S/c1-23-16-8-10-19(11-9-16)26(21,22)25-17-6-4-15(5-7-17)13-20-14-18-3-2-12-24-18/h4-11,18,20H,2-3,12-14H2,1H3/t18-/m1/s1. The third-order valence-corrected chi connectivity index (χ3v) is 5.46. The van der Waals surface area contributed by atoms with Crippen LogP contribution in [0.4, 0.5) is 0 Å². The number of hydrogen-bond donors (Lipinski definition) is 1. The van der Waals surface area contributed by atoms with E-state index in [0.717, 1.165) is 31.6 Å². The molecule has 1 aliphatic heterocycles. The van der Waals surface area contributed by atoms with E-state index < -0.39 is 10.1 Å². The van der Waals surface area contributed by atoms with Crippen LogP contribution in [-0.2, 0) is 21.4 Å². The Labute approximate surface area is 154 Å². The van der Waals surface area contributed by atoms with Crippen LogP contribution in [0.5, 0.6) is 11.5 Å². The summed E-state index contributed by atoms with van der Waals surface area (Å²) in [5, 5.41) is 3.35. The molecule has 1 heterocycles. The summed E-state index contributed by atoms with van der Waals surface area (Å²) in [6.45, 7) is 2.37. The first-order valence-electron chi connectivity index (χ1n) is 8.56. The number of nitrogens with one attached hydrogen (secondary N) is 1. The topological polar surface area (TPSA) is 73.9 Å². The van der Waals surface area contributed by atoms with E-state index >= 15 is 0 Å². The van der Waals surface area contributed by atoms with E-state index in [1.165, 1.54) is 19.2 Å². The number of benzene rings is 2. The fourth-order valence-electron chi connectivity index (χ4n) is 2.76. The molecule has 0 amide bonds. The lowest BCUT2D eigenvalue weighted by Crippen LogP contribution is -2.25. The third kappa shape index (κ3) is 4.97. The summed E-state index contributed by atoms with van der Waals surface area (Å²) in [5.74, 6) is 0.868. The summed E-state index contributed by atoms with van der Waals surface area (Å²) in [6, 6.07) is 13.1. The lowest BCUT2D eigenvalue weighted by atomic mass is 10.2. The SMILES string of the molecule is COc1ccc(S(=O)(=O)Oc2ccc(CNC[C@H]3CCCO3)cc2)cc1. The van der Waals surface area contributed by atoms with E-state index in [1.807, 2.05) is 12.1 Å². The summed E-state index contributed by atoms with van der Waals surface area (Å²) in [5.41, 5.74) is 1.05. The van der Waals surface area contributed by atoms with Gasteiger partial charge in [0.2, 0.25) is 0 Å². The molecule has 26 heavy (non-hydrogen) atoms. The molecule has 0 aliphatic carbocycles. The van der Waals surface area contributed by atoms with Crippen LogP contribution in [0.15, 0.2) is 53.4 Å². The summed E-state index contributed by atoms with van der Waals surface area (Å²) in [6.07, 6.45) is 2.52. The molecule has 140 valence electrons. The zero-order chi connectivity index (χ0) is 18.4. The second kappa shape index (κ2) is 8.53. The smallest absolute Gasteiger partial charge is 0.339 e. The molecule has 1 aliphatic rings. The molecule has 6 nitrogen and oxygen atoms in total. The van der Waals surface area contributed by atoms with Gasteiger partial charge in [-0.05, 0) is 54.8 Å². The molecule has 0 unspecified atom stereocenters. The van der Waals surface area contributed by atoms with Crippen LogP contribution in [0.2, 0.25) is 0 Å². The van der Waals surface area contributed by atoms with E-state index in [0.29, 0.717) is 18.4 Å². The average molecular weight is 377 g/mol. The Morgan fingerprint density at radius 2 is 1.77 bits per heavy atom. The Morgan fingerprint density at radius 3 is 2.38 bits per heavy atom. The summed E-state index contributed by atoms with van der Waals surface area (Å²) < 4.78 is 40.4. The third-order valence-electron chi connectivity index (χ3n) is 4.20. The van der Waals surface area contributed by atoms with Gasteiger partial charge < -0.3 is 19.0 Å². The molecular weight excluding hydrogens is 354 g/mol. The van der Waals surface area contributed by atoms with Crippen molar-refractivity contribution in [2.75, 3.05) is 20.3 Å². The molecule has 1 N–H and O–H groups in total. The van der Waals surface area contributed by atoms with Gasteiger partial charge in [0, 0.05) is 19.7 Å². The molecule has 0 radical (unpaired) electrons. The summed E-state index contributed by atoms with van der Waals surface area (Å²) in [4.78, 5) is 0.0839. The van der Waals surface area contributed by atoms with Crippen molar-refractivity contribution in [3.63, 3.8) is 0 Å². The Morgan fingerprint density at radius 1 is 1.08 bits per heavy atom. The molecule has 1 fully saturated rings. The minimum atomic E-state index is -3.87. The quantitative estimate of drug-likeness (QED) is 0.713. The van der Waals surface area contributed by atoms with Crippen molar-refractivity contribution in [3.8, 4) is 11.5 Å². The average Bonchev–Trinajstić information content (AvgIpc) is 3.16. The van der Waals surface area contributed by atoms with Gasteiger partial charge in [0.1, 0.15) is 16.4 Å². The fourth-order valence-corrected chi connectivity index (χ4v) is 3.69. The fraction of sp³-hybridized carbons (Fsp3) is 0.368. The number of methoxy groups -OCH3 is 1. The van der Waals surface area contributed by atoms with Gasteiger partial charge >= 0.3 is 10.1 Å². The molecule has 2 aromatic carbocycles. The minimum Gasteiger partial charge on any atom is -0.497 e. The van der Waals surface area contributed by atoms with Gasteiger partial charge in [0.25, 0.3) is 0 Å². The first kappa shape index (κ1) is 18.7. The van der Waals surface area contributed by atoms with Crippen LogP contribution in [0.1, 0.15) is 18.4 Å². The van der Waals surface area contributed by atoms with Crippen LogP contribution in [0.3, 0.4) is 0 Å². The van der Waals surface area contributed by atoms with E-state index in [4.69, 9.17) is 13.7 Å². The Bertz CT molecular complexity index is 797. The van der Waals surface area contributed by atoms with Gasteiger partial charge in [0.15, 0.2) is 0 Å². The molecule has 3 rings (SSSR count). The molecule has 0 saturated carbocycles. The number of ether oxygens (including phenoxy) is 2. The van der Waals surface area contributed by atoms with Gasteiger partial charge in [-0.15, -0.1) is 0 Å². The highest BCUT2D eigenvalue weighted by atomic mass is 32.2. The van der Waals surface area contributed by atoms with Crippen molar-refractivity contribution < 1.29 is 22.1 Å². The predicted octanol–water partition coefficient (Wildman–Crippen LogP) is 2.73. The number of hydrogen-bond acceptors (Lipinski definition) is 6. The maximum Gasteiger partial charge on any atom is 0.339 e. The lowest BCUT2D eigenvalue weighted by molar-refractivity contribution is 0.110. The van der Waals surface area contributed by atoms with Gasteiger partial charge in [-0.3, -0.25) is 0 Å². The van der Waals surface area contributed by atoms with Crippen LogP contribution in [-0.4, -0.2) is 34.8 Å². The van der Waals surface area contributed by atoms with Crippen LogP contribution < -0.4 is 14.2 Å². The molecule has 0 spiro atoms. The van der Waals surface area contributed by atoms with Crippen molar-refractivity contribution in [1.29, 1.82) is 0 Å². The summed E-state index contributed by atoms with van der Waals surface area (Å²) >= 11 is 0. The van der Waals surface area contributed by atoms with E-state index in [-0.39, 0.29) is 10.6 Å². The van der Waals surface area contributed by atoms with Gasteiger partial charge in [-0.1, -0.05) is 12.1 Å². The Balaban J connectivity index is 1.55. The predicted molar refractivity (Wildman–Crippen MR) is 97.9 cm³/mol. The van der Waals surface area contributed by atoms with Crippen molar-refractivity contribution in [1.82, 2.24) is 5.32 Å². The first-order chi connectivity index (χ1) is 12.6. The maximum absolute atomic E-state index is 12.3. The molecule has 0 bridgehead atoms. The van der Waals surface area contributed by atoms with Crippen LogP contribution in [0, 0.1) is 0 Å². The lowest BCUT2D eigenvalue weighted by Gasteiger charge is -2.11. The van der Waals surface area contributed by atoms with Crippen molar-refractivity contribution in [2.24, 2.45) is 0 Å². The molecule has 2 aromatic rings. The van der Waals surface area contributed by atoms with Gasteiger partial charge in [-0.2, -0.15) is 8.42 Å². The first-order valence-corrected chi connectivity index (χ1v) is 9.97. The highest BCUT2D eigenvalue weighted by molar-refractivity contribution is 7.87.